The Morgan fingerprint density at radius 1 is 1.90 bits per heavy atom. The lowest BCUT2D eigenvalue weighted by Crippen LogP contribution is -2.31. The van der Waals surface area contributed by atoms with Gasteiger partial charge >= 0.3 is 5.97 Å². The molecule has 0 amide bonds. The van der Waals surface area contributed by atoms with E-state index in [1.165, 1.54) is 0 Å². The number of carbonyl (C=O) groups is 1. The molecule has 0 fully saturated rings. The van der Waals surface area contributed by atoms with E-state index in [-0.39, 0.29) is 5.92 Å². The van der Waals surface area contributed by atoms with Gasteiger partial charge < -0.3 is 10.8 Å². The molecule has 2 atom stereocenters. The predicted molar refractivity (Wildman–Crippen MR) is 39.6 cm³/mol. The quantitative estimate of drug-likeness (QED) is 0.567. The van der Waals surface area contributed by atoms with E-state index in [0.29, 0.717) is 6.42 Å². The molecule has 0 aliphatic carbocycles. The third-order valence-corrected chi connectivity index (χ3v) is 1.35. The van der Waals surface area contributed by atoms with Crippen molar-refractivity contribution >= 4 is 5.97 Å². The zero-order valence-electron chi connectivity index (χ0n) is 6.08. The molecule has 0 aliphatic heterocycles. The molecule has 0 aromatic rings. The lowest BCUT2D eigenvalue weighted by atomic mass is 10.0. The van der Waals surface area contributed by atoms with E-state index < -0.39 is 12.0 Å². The summed E-state index contributed by atoms with van der Waals surface area (Å²) in [5.74, 6) is -0.778. The minimum absolute atomic E-state index is 0.172. The highest BCUT2D eigenvalue weighted by Crippen LogP contribution is 2.04. The molecule has 0 saturated heterocycles. The fourth-order valence-corrected chi connectivity index (χ4v) is 0.598. The molecule has 3 heteroatoms. The van der Waals surface area contributed by atoms with Gasteiger partial charge in [-0.15, -0.1) is 6.58 Å². The highest BCUT2D eigenvalue weighted by Gasteiger charge is 2.12. The number of allylic oxidation sites excluding steroid dienone is 1. The Bertz CT molecular complexity index is 134. The first-order valence-electron chi connectivity index (χ1n) is 3.19. The van der Waals surface area contributed by atoms with Crippen LogP contribution in [0.1, 0.15) is 13.3 Å². The zero-order valence-corrected chi connectivity index (χ0v) is 6.08. The van der Waals surface area contributed by atoms with Crippen molar-refractivity contribution in [3.05, 3.63) is 12.7 Å². The molecule has 0 aromatic heterocycles. The van der Waals surface area contributed by atoms with Crippen LogP contribution in [0.3, 0.4) is 0 Å². The number of aliphatic carboxylic acids is 1. The number of hydrogen-bond donors (Lipinski definition) is 2. The molecule has 0 aromatic carbocycles. The molecular formula is C7H13NO2. The summed E-state index contributed by atoms with van der Waals surface area (Å²) in [6.07, 6.45) is 2.15. The monoisotopic (exact) mass is 143 g/mol. The number of carboxylic acids is 1. The summed E-state index contributed by atoms with van der Waals surface area (Å²) in [5.41, 5.74) is 5.25. The van der Waals surface area contributed by atoms with Crippen molar-refractivity contribution in [2.24, 2.45) is 11.7 Å². The Morgan fingerprint density at radius 2 is 2.40 bits per heavy atom. The van der Waals surface area contributed by atoms with Crippen LogP contribution in [-0.4, -0.2) is 17.1 Å². The van der Waals surface area contributed by atoms with Gasteiger partial charge in [0.25, 0.3) is 0 Å². The Kier molecular flexibility index (Phi) is 3.72. The van der Waals surface area contributed by atoms with Gasteiger partial charge in [0.15, 0.2) is 0 Å². The van der Waals surface area contributed by atoms with E-state index in [0.717, 1.165) is 0 Å². The number of hydrogen-bond acceptors (Lipinski definition) is 2. The molecule has 0 saturated carbocycles. The molecule has 58 valence electrons. The molecule has 0 bridgehead atoms. The molecule has 0 rings (SSSR count). The minimum atomic E-state index is -0.950. The van der Waals surface area contributed by atoms with E-state index >= 15 is 0 Å². The first-order valence-corrected chi connectivity index (χ1v) is 3.19. The molecular weight excluding hydrogens is 130 g/mol. The molecule has 10 heavy (non-hydrogen) atoms. The molecule has 0 heterocycles. The topological polar surface area (TPSA) is 63.3 Å². The summed E-state index contributed by atoms with van der Waals surface area (Å²) in [5, 5.41) is 8.37. The minimum Gasteiger partial charge on any atom is -0.480 e. The average molecular weight is 143 g/mol. The van der Waals surface area contributed by atoms with Gasteiger partial charge in [0.05, 0.1) is 0 Å². The summed E-state index contributed by atoms with van der Waals surface area (Å²) >= 11 is 0. The Balaban J connectivity index is 3.67. The molecule has 0 aliphatic rings. The van der Waals surface area contributed by atoms with Gasteiger partial charge in [-0.25, -0.2) is 0 Å². The van der Waals surface area contributed by atoms with Gasteiger partial charge in [0, 0.05) is 0 Å². The van der Waals surface area contributed by atoms with Crippen LogP contribution in [0.15, 0.2) is 12.7 Å². The van der Waals surface area contributed by atoms with E-state index in [9.17, 15) is 4.79 Å². The van der Waals surface area contributed by atoms with E-state index in [1.54, 1.807) is 6.08 Å². The number of carboxylic acid groups (broad SMARTS) is 1. The first kappa shape index (κ1) is 9.17. The van der Waals surface area contributed by atoms with Gasteiger partial charge in [0.2, 0.25) is 0 Å². The summed E-state index contributed by atoms with van der Waals surface area (Å²) in [6, 6.07) is -0.756. The maximum atomic E-state index is 10.2. The van der Waals surface area contributed by atoms with Crippen LogP contribution in [0.25, 0.3) is 0 Å². The van der Waals surface area contributed by atoms with Gasteiger partial charge in [-0.2, -0.15) is 0 Å². The second-order valence-corrected chi connectivity index (χ2v) is 2.39. The fraction of sp³-hybridized carbons (Fsp3) is 0.571. The van der Waals surface area contributed by atoms with Crippen molar-refractivity contribution in [2.75, 3.05) is 0 Å². The first-order chi connectivity index (χ1) is 4.57. The van der Waals surface area contributed by atoms with Crippen LogP contribution in [-0.2, 0) is 4.79 Å². The number of nitrogens with two attached hydrogens (primary N) is 1. The van der Waals surface area contributed by atoms with Crippen LogP contribution >= 0.6 is 0 Å². The standard InChI is InChI=1S/C7H13NO2/c1-3-5(2)4-6(8)7(9)10/h3,5-6H,1,4,8H2,2H3,(H,9,10). The van der Waals surface area contributed by atoms with E-state index in [4.69, 9.17) is 10.8 Å². The third kappa shape index (κ3) is 3.25. The Labute approximate surface area is 60.5 Å². The summed E-state index contributed by atoms with van der Waals surface area (Å²) < 4.78 is 0. The Hall–Kier alpha value is -0.830. The molecule has 3 N–H and O–H groups in total. The number of rotatable bonds is 4. The third-order valence-electron chi connectivity index (χ3n) is 1.35. The average Bonchev–Trinajstić information content (AvgIpc) is 1.87. The Morgan fingerprint density at radius 3 is 2.70 bits per heavy atom. The van der Waals surface area contributed by atoms with Gasteiger partial charge in [-0.3, -0.25) is 4.79 Å². The van der Waals surface area contributed by atoms with Crippen molar-refractivity contribution < 1.29 is 9.90 Å². The summed E-state index contributed by atoms with van der Waals surface area (Å²) in [7, 11) is 0. The highest BCUT2D eigenvalue weighted by atomic mass is 16.4. The maximum Gasteiger partial charge on any atom is 0.320 e. The molecule has 3 nitrogen and oxygen atoms in total. The van der Waals surface area contributed by atoms with Crippen LogP contribution < -0.4 is 5.73 Å². The van der Waals surface area contributed by atoms with Crippen molar-refractivity contribution in [2.45, 2.75) is 19.4 Å². The summed E-state index contributed by atoms with van der Waals surface area (Å²) in [6.45, 7) is 5.41. The van der Waals surface area contributed by atoms with Crippen LogP contribution in [0, 0.1) is 5.92 Å². The lowest BCUT2D eigenvalue weighted by Gasteiger charge is -2.08. The second kappa shape index (κ2) is 4.06. The van der Waals surface area contributed by atoms with Crippen LogP contribution in [0.4, 0.5) is 0 Å². The molecule has 2 unspecified atom stereocenters. The molecule has 0 radical (unpaired) electrons. The maximum absolute atomic E-state index is 10.2. The van der Waals surface area contributed by atoms with Gasteiger partial charge in [-0.1, -0.05) is 13.0 Å². The van der Waals surface area contributed by atoms with Crippen LogP contribution in [0.2, 0.25) is 0 Å². The van der Waals surface area contributed by atoms with E-state index in [2.05, 4.69) is 6.58 Å². The van der Waals surface area contributed by atoms with Crippen molar-refractivity contribution in [1.29, 1.82) is 0 Å². The molecule has 0 spiro atoms. The zero-order chi connectivity index (χ0) is 8.15. The predicted octanol–water partition coefficient (Wildman–Crippen LogP) is 0.611. The van der Waals surface area contributed by atoms with Crippen molar-refractivity contribution in [3.8, 4) is 0 Å². The van der Waals surface area contributed by atoms with Gasteiger partial charge in [-0.05, 0) is 12.3 Å². The van der Waals surface area contributed by atoms with Gasteiger partial charge in [0.1, 0.15) is 6.04 Å². The largest absolute Gasteiger partial charge is 0.480 e. The SMILES string of the molecule is C=CC(C)CC(N)C(=O)O. The van der Waals surface area contributed by atoms with Crippen LogP contribution in [0.5, 0.6) is 0 Å². The normalized spacial score (nSPS) is 15.8. The smallest absolute Gasteiger partial charge is 0.320 e. The van der Waals surface area contributed by atoms with Crippen molar-refractivity contribution in [3.63, 3.8) is 0 Å². The lowest BCUT2D eigenvalue weighted by molar-refractivity contribution is -0.138. The summed E-state index contributed by atoms with van der Waals surface area (Å²) in [4.78, 5) is 10.2. The fourth-order valence-electron chi connectivity index (χ4n) is 0.598. The highest BCUT2D eigenvalue weighted by molar-refractivity contribution is 5.73. The van der Waals surface area contributed by atoms with Crippen molar-refractivity contribution in [1.82, 2.24) is 0 Å². The second-order valence-electron chi connectivity index (χ2n) is 2.39. The van der Waals surface area contributed by atoms with E-state index in [1.807, 2.05) is 6.92 Å².